The Balaban J connectivity index is 1.59. The van der Waals surface area contributed by atoms with Gasteiger partial charge in [0.1, 0.15) is 5.75 Å². The number of aryl methyl sites for hydroxylation is 1. The third kappa shape index (κ3) is 3.56. The highest BCUT2D eigenvalue weighted by Crippen LogP contribution is 2.25. The second-order valence-corrected chi connectivity index (χ2v) is 6.81. The number of anilines is 1. The van der Waals surface area contributed by atoms with Crippen molar-refractivity contribution in [3.8, 4) is 5.75 Å². The number of phenols is 1. The van der Waals surface area contributed by atoms with Gasteiger partial charge in [-0.1, -0.05) is 11.6 Å². The molecule has 1 aromatic heterocycles. The number of phenolic OH excluding ortho intramolecular Hbond substituents is 1. The number of hydrogen-bond acceptors (Lipinski definition) is 5. The van der Waals surface area contributed by atoms with Crippen LogP contribution in [0.4, 0.5) is 5.13 Å². The number of nitrogens with one attached hydrogen (secondary N) is 1. The van der Waals surface area contributed by atoms with Crippen LogP contribution in [0, 0.1) is 12.8 Å². The highest BCUT2D eigenvalue weighted by Gasteiger charge is 2.29. The van der Waals surface area contributed by atoms with Crippen LogP contribution in [0.15, 0.2) is 29.8 Å². The summed E-state index contributed by atoms with van der Waals surface area (Å²) in [5, 5.41) is 15.1. The Morgan fingerprint density at radius 3 is 2.75 bits per heavy atom. The summed E-state index contributed by atoms with van der Waals surface area (Å²) in [5.74, 6) is -0.358. The lowest BCUT2D eigenvalue weighted by molar-refractivity contribution is -0.121. The Bertz CT molecular complexity index is 738. The fourth-order valence-electron chi connectivity index (χ4n) is 2.83. The molecular weight excluding hydrogens is 326 g/mol. The maximum atomic E-state index is 12.6. The first-order valence-electron chi connectivity index (χ1n) is 7.84. The first-order chi connectivity index (χ1) is 11.5. The zero-order valence-corrected chi connectivity index (χ0v) is 14.2. The van der Waals surface area contributed by atoms with Crippen molar-refractivity contribution >= 4 is 28.3 Å². The number of carbonyl (C=O) groups is 2. The van der Waals surface area contributed by atoms with Crippen LogP contribution in [0.5, 0.6) is 5.75 Å². The fourth-order valence-corrected chi connectivity index (χ4v) is 3.36. The Morgan fingerprint density at radius 2 is 2.08 bits per heavy atom. The predicted octanol–water partition coefficient (Wildman–Crippen LogP) is 2.65. The van der Waals surface area contributed by atoms with Gasteiger partial charge in [0.25, 0.3) is 5.91 Å². The van der Waals surface area contributed by atoms with E-state index in [1.165, 1.54) is 17.4 Å². The largest absolute Gasteiger partial charge is 0.507 e. The van der Waals surface area contributed by atoms with E-state index in [9.17, 15) is 14.7 Å². The lowest BCUT2D eigenvalue weighted by Crippen LogP contribution is -2.41. The summed E-state index contributed by atoms with van der Waals surface area (Å²) in [6.45, 7) is 2.88. The van der Waals surface area contributed by atoms with E-state index < -0.39 is 0 Å². The van der Waals surface area contributed by atoms with Gasteiger partial charge < -0.3 is 15.3 Å². The van der Waals surface area contributed by atoms with E-state index in [0.717, 1.165) is 5.56 Å². The van der Waals surface area contributed by atoms with Crippen molar-refractivity contribution in [3.05, 3.63) is 40.9 Å². The van der Waals surface area contributed by atoms with Crippen LogP contribution in [-0.4, -0.2) is 39.9 Å². The SMILES string of the molecule is Cc1ccc(O)c(C(=O)N2CCC(C(=O)Nc3nccs3)CC2)c1. The van der Waals surface area contributed by atoms with Gasteiger partial charge in [-0.3, -0.25) is 9.59 Å². The summed E-state index contributed by atoms with van der Waals surface area (Å²) in [7, 11) is 0. The summed E-state index contributed by atoms with van der Waals surface area (Å²) in [6, 6.07) is 5.00. The van der Waals surface area contributed by atoms with E-state index in [2.05, 4.69) is 10.3 Å². The number of thiazole rings is 1. The number of amides is 2. The minimum atomic E-state index is -0.185. The van der Waals surface area contributed by atoms with Gasteiger partial charge in [0.2, 0.25) is 5.91 Å². The highest BCUT2D eigenvalue weighted by atomic mass is 32.1. The molecule has 2 heterocycles. The summed E-state index contributed by atoms with van der Waals surface area (Å²) >= 11 is 1.39. The first kappa shape index (κ1) is 16.4. The molecule has 3 rings (SSSR count). The van der Waals surface area contributed by atoms with Gasteiger partial charge in [-0.15, -0.1) is 11.3 Å². The number of carbonyl (C=O) groups excluding carboxylic acids is 2. The van der Waals surface area contributed by atoms with Crippen LogP contribution < -0.4 is 5.32 Å². The minimum absolute atomic E-state index is 0.00534. The molecule has 0 aliphatic carbocycles. The molecule has 24 heavy (non-hydrogen) atoms. The molecule has 0 saturated carbocycles. The molecule has 126 valence electrons. The third-order valence-electron chi connectivity index (χ3n) is 4.20. The first-order valence-corrected chi connectivity index (χ1v) is 8.72. The molecule has 1 aliphatic heterocycles. The van der Waals surface area contributed by atoms with E-state index in [1.807, 2.05) is 12.3 Å². The normalized spacial score (nSPS) is 15.3. The van der Waals surface area contributed by atoms with Crippen molar-refractivity contribution in [2.75, 3.05) is 18.4 Å². The molecule has 1 aliphatic rings. The molecule has 1 aromatic carbocycles. The predicted molar refractivity (Wildman–Crippen MR) is 92.2 cm³/mol. The molecule has 0 atom stereocenters. The average molecular weight is 345 g/mol. The van der Waals surface area contributed by atoms with Crippen LogP contribution in [-0.2, 0) is 4.79 Å². The molecule has 1 fully saturated rings. The molecule has 1 saturated heterocycles. The molecule has 6 nitrogen and oxygen atoms in total. The maximum Gasteiger partial charge on any atom is 0.257 e. The number of aromatic nitrogens is 1. The molecule has 0 unspecified atom stereocenters. The molecule has 0 radical (unpaired) electrons. The van der Waals surface area contributed by atoms with Gasteiger partial charge in [0, 0.05) is 30.6 Å². The van der Waals surface area contributed by atoms with Crippen LogP contribution >= 0.6 is 11.3 Å². The van der Waals surface area contributed by atoms with Gasteiger partial charge in [0.15, 0.2) is 5.13 Å². The monoisotopic (exact) mass is 345 g/mol. The van der Waals surface area contributed by atoms with Gasteiger partial charge in [0.05, 0.1) is 5.56 Å². The lowest BCUT2D eigenvalue weighted by atomic mass is 9.95. The quantitative estimate of drug-likeness (QED) is 0.896. The molecule has 0 spiro atoms. The van der Waals surface area contributed by atoms with E-state index in [-0.39, 0.29) is 23.5 Å². The topological polar surface area (TPSA) is 82.5 Å². The maximum absolute atomic E-state index is 12.6. The fraction of sp³-hybridized carbons (Fsp3) is 0.353. The number of rotatable bonds is 3. The van der Waals surface area contributed by atoms with Gasteiger partial charge in [-0.2, -0.15) is 0 Å². The minimum Gasteiger partial charge on any atom is -0.507 e. The van der Waals surface area contributed by atoms with Crippen LogP contribution in [0.2, 0.25) is 0 Å². The van der Waals surface area contributed by atoms with Crippen molar-refractivity contribution in [1.82, 2.24) is 9.88 Å². The van der Waals surface area contributed by atoms with Gasteiger partial charge in [-0.05, 0) is 31.9 Å². The van der Waals surface area contributed by atoms with Gasteiger partial charge in [-0.25, -0.2) is 4.98 Å². The smallest absolute Gasteiger partial charge is 0.257 e. The van der Waals surface area contributed by atoms with Crippen molar-refractivity contribution in [3.63, 3.8) is 0 Å². The van der Waals surface area contributed by atoms with Crippen LogP contribution in [0.3, 0.4) is 0 Å². The molecular formula is C17H19N3O3S. The van der Waals surface area contributed by atoms with E-state index in [4.69, 9.17) is 0 Å². The Labute approximate surface area is 144 Å². The molecule has 0 bridgehead atoms. The second-order valence-electron chi connectivity index (χ2n) is 5.91. The summed E-state index contributed by atoms with van der Waals surface area (Å²) in [4.78, 5) is 30.5. The van der Waals surface area contributed by atoms with Crippen LogP contribution in [0.25, 0.3) is 0 Å². The summed E-state index contributed by atoms with van der Waals surface area (Å²) in [5.41, 5.74) is 1.24. The van der Waals surface area contributed by atoms with E-state index in [1.54, 1.807) is 23.2 Å². The Kier molecular flexibility index (Phi) is 4.80. The molecule has 2 aromatic rings. The third-order valence-corrected chi connectivity index (χ3v) is 4.89. The molecule has 2 N–H and O–H groups in total. The Morgan fingerprint density at radius 1 is 1.33 bits per heavy atom. The number of hydrogen-bond donors (Lipinski definition) is 2. The van der Waals surface area contributed by atoms with Crippen molar-refractivity contribution in [2.45, 2.75) is 19.8 Å². The zero-order chi connectivity index (χ0) is 17.1. The van der Waals surface area contributed by atoms with Crippen molar-refractivity contribution < 1.29 is 14.7 Å². The number of aromatic hydroxyl groups is 1. The number of piperidine rings is 1. The van der Waals surface area contributed by atoms with Crippen LogP contribution in [0.1, 0.15) is 28.8 Å². The number of benzene rings is 1. The number of nitrogens with zero attached hydrogens (tertiary/aromatic N) is 2. The van der Waals surface area contributed by atoms with Gasteiger partial charge >= 0.3 is 0 Å². The average Bonchev–Trinajstić information content (AvgIpc) is 3.09. The number of likely N-dealkylation sites (tertiary alicyclic amines) is 1. The molecule has 2 amide bonds. The molecule has 7 heteroatoms. The second kappa shape index (κ2) is 7.00. The van der Waals surface area contributed by atoms with E-state index in [0.29, 0.717) is 36.6 Å². The van der Waals surface area contributed by atoms with Crippen molar-refractivity contribution in [1.29, 1.82) is 0 Å². The van der Waals surface area contributed by atoms with Crippen molar-refractivity contribution in [2.24, 2.45) is 5.92 Å². The lowest BCUT2D eigenvalue weighted by Gasteiger charge is -2.31. The summed E-state index contributed by atoms with van der Waals surface area (Å²) in [6.07, 6.45) is 2.86. The highest BCUT2D eigenvalue weighted by molar-refractivity contribution is 7.13. The Hall–Kier alpha value is -2.41. The zero-order valence-electron chi connectivity index (χ0n) is 13.4. The van der Waals surface area contributed by atoms with E-state index >= 15 is 0 Å². The summed E-state index contributed by atoms with van der Waals surface area (Å²) < 4.78 is 0. The standard InChI is InChI=1S/C17H19N3O3S/c1-11-2-3-14(21)13(10-11)16(23)20-7-4-12(5-8-20)15(22)19-17-18-6-9-24-17/h2-3,6,9-10,12,21H,4-5,7-8H2,1H3,(H,18,19,22).